The van der Waals surface area contributed by atoms with Gasteiger partial charge in [0, 0.05) is 0 Å². The van der Waals surface area contributed by atoms with Crippen molar-refractivity contribution in [1.82, 2.24) is 0 Å². The molecular weight excluding hydrogens is 156 g/mol. The summed E-state index contributed by atoms with van der Waals surface area (Å²) in [5.41, 5.74) is 0. The summed E-state index contributed by atoms with van der Waals surface area (Å²) in [7, 11) is 0. The highest BCUT2D eigenvalue weighted by molar-refractivity contribution is 5.32. The summed E-state index contributed by atoms with van der Waals surface area (Å²) in [6, 6.07) is 0. The van der Waals surface area contributed by atoms with E-state index in [-0.39, 0.29) is 12.6 Å². The molecule has 2 atom stereocenters. The second-order valence-corrected chi connectivity index (χ2v) is 3.13. The number of carboxylic acid groups (broad SMARTS) is 1. The van der Waals surface area contributed by atoms with Gasteiger partial charge >= 0.3 is 0 Å². The van der Waals surface area contributed by atoms with Gasteiger partial charge in [0.25, 0.3) is 6.47 Å². The minimum atomic E-state index is -0.250. The van der Waals surface area contributed by atoms with E-state index < -0.39 is 0 Å². The van der Waals surface area contributed by atoms with E-state index in [4.69, 9.17) is 9.90 Å². The molecule has 0 aromatic carbocycles. The van der Waals surface area contributed by atoms with Crippen LogP contribution in [0.2, 0.25) is 0 Å². The monoisotopic (exact) mass is 174 g/mol. The van der Waals surface area contributed by atoms with Crippen LogP contribution in [0.3, 0.4) is 0 Å². The smallest absolute Gasteiger partial charge is 0.290 e. The van der Waals surface area contributed by atoms with E-state index in [1.165, 1.54) is 19.3 Å². The minimum absolute atomic E-state index is 0.0174. The minimum Gasteiger partial charge on any atom is -0.483 e. The highest BCUT2D eigenvalue weighted by atomic mass is 16.3. The zero-order valence-corrected chi connectivity index (χ0v) is 7.57. The number of hydrogen-bond acceptors (Lipinski definition) is 2. The van der Waals surface area contributed by atoms with E-state index in [2.05, 4.69) is 6.92 Å². The molecule has 3 heteroatoms. The zero-order chi connectivity index (χ0) is 9.40. The van der Waals surface area contributed by atoms with Gasteiger partial charge in [-0.3, -0.25) is 4.79 Å². The standard InChI is InChI=1S/C8H16O.CH2O2/c1-2-7-5-3-4-6-8(7)9;2-1-3/h7-9H,2-6H2,1H3;1H,(H,2,3). The molecule has 12 heavy (non-hydrogen) atoms. The van der Waals surface area contributed by atoms with Gasteiger partial charge in [0.1, 0.15) is 0 Å². The fraction of sp³-hybridized carbons (Fsp3) is 0.889. The Hall–Kier alpha value is -0.570. The maximum atomic E-state index is 9.37. The lowest BCUT2D eigenvalue weighted by Gasteiger charge is -2.25. The average Bonchev–Trinajstić information content (AvgIpc) is 2.07. The Morgan fingerprint density at radius 3 is 2.25 bits per heavy atom. The number of carbonyl (C=O) groups is 1. The normalized spacial score (nSPS) is 28.5. The second-order valence-electron chi connectivity index (χ2n) is 3.13. The highest BCUT2D eigenvalue weighted by Crippen LogP contribution is 2.26. The Kier molecular flexibility index (Phi) is 6.76. The molecule has 3 nitrogen and oxygen atoms in total. The van der Waals surface area contributed by atoms with Crippen molar-refractivity contribution in [2.24, 2.45) is 5.92 Å². The van der Waals surface area contributed by atoms with Crippen LogP contribution in [0.1, 0.15) is 39.0 Å². The van der Waals surface area contributed by atoms with Crippen LogP contribution in [0.15, 0.2) is 0 Å². The first-order chi connectivity index (χ1) is 5.76. The molecule has 0 radical (unpaired) electrons. The van der Waals surface area contributed by atoms with E-state index >= 15 is 0 Å². The Bertz CT molecular complexity index is 114. The molecule has 72 valence electrons. The van der Waals surface area contributed by atoms with Gasteiger partial charge in [-0.25, -0.2) is 0 Å². The second kappa shape index (κ2) is 7.10. The molecule has 0 spiro atoms. The predicted octanol–water partition coefficient (Wildman–Crippen LogP) is 1.65. The molecule has 0 heterocycles. The first-order valence-corrected chi connectivity index (χ1v) is 4.52. The van der Waals surface area contributed by atoms with Crippen molar-refractivity contribution < 1.29 is 15.0 Å². The van der Waals surface area contributed by atoms with Crippen LogP contribution in [-0.2, 0) is 4.79 Å². The van der Waals surface area contributed by atoms with Crippen LogP contribution in [0.4, 0.5) is 0 Å². The van der Waals surface area contributed by atoms with Crippen molar-refractivity contribution in [2.45, 2.75) is 45.1 Å². The summed E-state index contributed by atoms with van der Waals surface area (Å²) in [6.45, 7) is 1.92. The molecule has 0 bridgehead atoms. The van der Waals surface area contributed by atoms with Gasteiger partial charge in [-0.05, 0) is 18.8 Å². The van der Waals surface area contributed by atoms with Crippen molar-refractivity contribution >= 4 is 6.47 Å². The molecule has 0 aromatic rings. The van der Waals surface area contributed by atoms with Crippen LogP contribution >= 0.6 is 0 Å². The summed E-state index contributed by atoms with van der Waals surface area (Å²) in [6.07, 6.45) is 6.02. The number of aliphatic hydroxyl groups is 1. The lowest BCUT2D eigenvalue weighted by Crippen LogP contribution is -2.23. The molecule has 1 aliphatic rings. The van der Waals surface area contributed by atoms with Crippen LogP contribution in [-0.4, -0.2) is 22.8 Å². The van der Waals surface area contributed by atoms with E-state index in [9.17, 15) is 5.11 Å². The third-order valence-electron chi connectivity index (χ3n) is 2.39. The lowest BCUT2D eigenvalue weighted by molar-refractivity contribution is -0.122. The molecule has 2 N–H and O–H groups in total. The molecule has 1 fully saturated rings. The number of hydrogen-bond donors (Lipinski definition) is 2. The molecule has 1 rings (SSSR count). The van der Waals surface area contributed by atoms with Gasteiger partial charge in [0.15, 0.2) is 0 Å². The summed E-state index contributed by atoms with van der Waals surface area (Å²) >= 11 is 0. The van der Waals surface area contributed by atoms with Crippen LogP contribution in [0, 0.1) is 5.92 Å². The number of rotatable bonds is 1. The summed E-state index contributed by atoms with van der Waals surface area (Å²) in [5, 5.41) is 16.3. The Morgan fingerprint density at radius 1 is 1.42 bits per heavy atom. The van der Waals surface area contributed by atoms with Gasteiger partial charge in [-0.2, -0.15) is 0 Å². The van der Waals surface area contributed by atoms with E-state index in [1.54, 1.807) is 0 Å². The molecule has 1 saturated carbocycles. The molecule has 0 saturated heterocycles. The fourth-order valence-electron chi connectivity index (χ4n) is 1.66. The van der Waals surface area contributed by atoms with E-state index in [1.807, 2.05) is 0 Å². The molecule has 0 aliphatic heterocycles. The molecular formula is C9H18O3. The van der Waals surface area contributed by atoms with Gasteiger partial charge in [-0.1, -0.05) is 26.2 Å². The largest absolute Gasteiger partial charge is 0.483 e. The average molecular weight is 174 g/mol. The Morgan fingerprint density at radius 2 is 1.92 bits per heavy atom. The molecule has 0 amide bonds. The topological polar surface area (TPSA) is 57.5 Å². The van der Waals surface area contributed by atoms with E-state index in [0.717, 1.165) is 12.8 Å². The van der Waals surface area contributed by atoms with Crippen LogP contribution < -0.4 is 0 Å². The molecule has 1 aliphatic carbocycles. The number of aliphatic hydroxyl groups excluding tert-OH is 1. The van der Waals surface area contributed by atoms with Crippen molar-refractivity contribution in [3.05, 3.63) is 0 Å². The quantitative estimate of drug-likeness (QED) is 0.594. The van der Waals surface area contributed by atoms with E-state index in [0.29, 0.717) is 5.92 Å². The lowest BCUT2D eigenvalue weighted by atomic mass is 9.85. The summed E-state index contributed by atoms with van der Waals surface area (Å²) < 4.78 is 0. The molecule has 2 unspecified atom stereocenters. The summed E-state index contributed by atoms with van der Waals surface area (Å²) in [4.78, 5) is 8.36. The van der Waals surface area contributed by atoms with Crippen LogP contribution in [0.5, 0.6) is 0 Å². The van der Waals surface area contributed by atoms with Crippen molar-refractivity contribution in [1.29, 1.82) is 0 Å². The van der Waals surface area contributed by atoms with Crippen LogP contribution in [0.25, 0.3) is 0 Å². The first-order valence-electron chi connectivity index (χ1n) is 4.52. The fourth-order valence-corrected chi connectivity index (χ4v) is 1.66. The highest BCUT2D eigenvalue weighted by Gasteiger charge is 2.20. The van der Waals surface area contributed by atoms with Crippen molar-refractivity contribution in [3.8, 4) is 0 Å². The predicted molar refractivity (Wildman–Crippen MR) is 46.9 cm³/mol. The van der Waals surface area contributed by atoms with Crippen molar-refractivity contribution in [2.75, 3.05) is 0 Å². The maximum Gasteiger partial charge on any atom is 0.290 e. The van der Waals surface area contributed by atoms with Gasteiger partial charge < -0.3 is 10.2 Å². The zero-order valence-electron chi connectivity index (χ0n) is 7.57. The Balaban J connectivity index is 0.000000354. The summed E-state index contributed by atoms with van der Waals surface area (Å²) in [5.74, 6) is 0.610. The Labute approximate surface area is 73.4 Å². The third kappa shape index (κ3) is 4.34. The van der Waals surface area contributed by atoms with Gasteiger partial charge in [0.05, 0.1) is 6.10 Å². The SMILES string of the molecule is CCC1CCCCC1O.O=CO. The third-order valence-corrected chi connectivity index (χ3v) is 2.39. The molecule has 0 aromatic heterocycles. The first kappa shape index (κ1) is 11.4. The van der Waals surface area contributed by atoms with Gasteiger partial charge in [0.2, 0.25) is 0 Å². The van der Waals surface area contributed by atoms with Crippen molar-refractivity contribution in [3.63, 3.8) is 0 Å². The van der Waals surface area contributed by atoms with Gasteiger partial charge in [-0.15, -0.1) is 0 Å². The maximum absolute atomic E-state index is 9.37.